The number of aryl methyl sites for hydroxylation is 1. The lowest BCUT2D eigenvalue weighted by molar-refractivity contribution is -0.176. The third-order valence-corrected chi connectivity index (χ3v) is 6.52. The van der Waals surface area contributed by atoms with Crippen molar-refractivity contribution < 1.29 is 13.2 Å². The monoisotopic (exact) mass is 417 g/mol. The first kappa shape index (κ1) is 22.9. The lowest BCUT2D eigenvalue weighted by atomic mass is 9.88. The highest BCUT2D eigenvalue weighted by molar-refractivity contribution is 5.27. The highest BCUT2D eigenvalue weighted by atomic mass is 19.4. The molecule has 164 valence electrons. The second-order valence-corrected chi connectivity index (χ2v) is 8.90. The molecule has 0 aliphatic heterocycles. The molecule has 1 aliphatic carbocycles. The van der Waals surface area contributed by atoms with Gasteiger partial charge in [-0.05, 0) is 75.1 Å². The molecule has 2 unspecified atom stereocenters. The van der Waals surface area contributed by atoms with Crippen LogP contribution in [0.25, 0.3) is 0 Å². The number of rotatable bonds is 9. The molecular formula is C26H34F3N. The fraction of sp³-hybridized carbons (Fsp3) is 0.538. The molecule has 2 aromatic rings. The first-order valence-electron chi connectivity index (χ1n) is 11.3. The van der Waals surface area contributed by atoms with Gasteiger partial charge in [0.05, 0.1) is 5.92 Å². The Labute approximate surface area is 179 Å². The zero-order valence-electron chi connectivity index (χ0n) is 18.2. The number of hydrogen-bond donors (Lipinski definition) is 0. The van der Waals surface area contributed by atoms with Crippen LogP contribution in [0.5, 0.6) is 0 Å². The summed E-state index contributed by atoms with van der Waals surface area (Å²) in [6.45, 7) is 6.54. The molecule has 4 heteroatoms. The van der Waals surface area contributed by atoms with Gasteiger partial charge in [-0.3, -0.25) is 0 Å². The molecule has 0 spiro atoms. The van der Waals surface area contributed by atoms with Gasteiger partial charge in [0.1, 0.15) is 0 Å². The summed E-state index contributed by atoms with van der Waals surface area (Å²) in [6, 6.07) is 19.0. The van der Waals surface area contributed by atoms with E-state index in [1.165, 1.54) is 11.1 Å². The molecule has 0 radical (unpaired) electrons. The Morgan fingerprint density at radius 3 is 2.17 bits per heavy atom. The first-order chi connectivity index (χ1) is 14.3. The molecule has 0 heterocycles. The van der Waals surface area contributed by atoms with Crippen LogP contribution in [0.4, 0.5) is 13.2 Å². The zero-order valence-corrected chi connectivity index (χ0v) is 18.2. The van der Waals surface area contributed by atoms with Crippen LogP contribution in [0, 0.1) is 5.92 Å². The highest BCUT2D eigenvalue weighted by Gasteiger charge is 2.47. The molecule has 0 amide bonds. The molecule has 0 bridgehead atoms. The third-order valence-electron chi connectivity index (χ3n) is 6.52. The highest BCUT2D eigenvalue weighted by Crippen LogP contribution is 2.48. The maximum atomic E-state index is 13.2. The fourth-order valence-electron chi connectivity index (χ4n) is 4.71. The molecular weight excluding hydrogens is 383 g/mol. The van der Waals surface area contributed by atoms with Crippen LogP contribution in [0.2, 0.25) is 0 Å². The molecule has 30 heavy (non-hydrogen) atoms. The van der Waals surface area contributed by atoms with Gasteiger partial charge in [0, 0.05) is 12.6 Å². The minimum absolute atomic E-state index is 0.268. The van der Waals surface area contributed by atoms with Crippen molar-refractivity contribution in [1.82, 2.24) is 4.90 Å². The van der Waals surface area contributed by atoms with Crippen molar-refractivity contribution in [1.29, 1.82) is 0 Å². The van der Waals surface area contributed by atoms with Gasteiger partial charge in [0.15, 0.2) is 0 Å². The first-order valence-corrected chi connectivity index (χ1v) is 11.3. The van der Waals surface area contributed by atoms with Crippen LogP contribution < -0.4 is 0 Å². The van der Waals surface area contributed by atoms with E-state index < -0.39 is 12.1 Å². The molecule has 1 nitrogen and oxygen atoms in total. The van der Waals surface area contributed by atoms with Crippen molar-refractivity contribution in [2.24, 2.45) is 5.92 Å². The molecule has 0 saturated heterocycles. The standard InChI is InChI=1S/C26H34F3N/c1-20(2)30(19-17-21-8-4-3-5-9-21)18-7-10-22-13-15-23(16-14-22)24-11-6-12-25(24)26(27,28)29/h3-5,8-9,13-16,20,24-25H,6-7,10-12,17-19H2,1-2H3. The van der Waals surface area contributed by atoms with E-state index in [1.54, 1.807) is 0 Å². The van der Waals surface area contributed by atoms with Gasteiger partial charge in [0.25, 0.3) is 0 Å². The van der Waals surface area contributed by atoms with E-state index in [1.807, 2.05) is 30.3 Å². The summed E-state index contributed by atoms with van der Waals surface area (Å²) in [6.07, 6.45) is 0.571. The van der Waals surface area contributed by atoms with Crippen LogP contribution in [0.15, 0.2) is 54.6 Å². The van der Waals surface area contributed by atoms with Crippen LogP contribution in [0.3, 0.4) is 0 Å². The second kappa shape index (κ2) is 10.5. The maximum Gasteiger partial charge on any atom is 0.392 e. The molecule has 3 rings (SSSR count). The Morgan fingerprint density at radius 2 is 1.53 bits per heavy atom. The van der Waals surface area contributed by atoms with Crippen molar-refractivity contribution >= 4 is 0 Å². The Morgan fingerprint density at radius 1 is 0.867 bits per heavy atom. The molecule has 2 atom stereocenters. The Kier molecular flexibility index (Phi) is 7.99. The summed E-state index contributed by atoms with van der Waals surface area (Å²) in [5.74, 6) is -1.54. The van der Waals surface area contributed by atoms with Gasteiger partial charge in [-0.15, -0.1) is 0 Å². The van der Waals surface area contributed by atoms with E-state index in [4.69, 9.17) is 0 Å². The predicted molar refractivity (Wildman–Crippen MR) is 118 cm³/mol. The van der Waals surface area contributed by atoms with Gasteiger partial charge in [-0.2, -0.15) is 13.2 Å². The number of nitrogens with zero attached hydrogens (tertiary/aromatic N) is 1. The SMILES string of the molecule is CC(C)N(CCCc1ccc(C2CCCC2C(F)(F)F)cc1)CCc1ccccc1. The minimum atomic E-state index is -4.08. The summed E-state index contributed by atoms with van der Waals surface area (Å²) in [4.78, 5) is 2.51. The lowest BCUT2D eigenvalue weighted by Gasteiger charge is -2.26. The number of alkyl halides is 3. The number of halogens is 3. The van der Waals surface area contributed by atoms with Crippen molar-refractivity contribution in [3.63, 3.8) is 0 Å². The van der Waals surface area contributed by atoms with Crippen LogP contribution in [-0.2, 0) is 12.8 Å². The fourth-order valence-corrected chi connectivity index (χ4v) is 4.71. The molecule has 1 fully saturated rings. The normalized spacial score (nSPS) is 19.7. The molecule has 1 saturated carbocycles. The largest absolute Gasteiger partial charge is 0.392 e. The molecule has 1 aliphatic rings. The Bertz CT molecular complexity index is 752. The molecule has 2 aromatic carbocycles. The maximum absolute atomic E-state index is 13.2. The summed E-state index contributed by atoms with van der Waals surface area (Å²) < 4.78 is 39.7. The topological polar surface area (TPSA) is 3.24 Å². The smallest absolute Gasteiger partial charge is 0.301 e. The van der Waals surface area contributed by atoms with E-state index in [-0.39, 0.29) is 12.3 Å². The van der Waals surface area contributed by atoms with E-state index in [2.05, 4.69) is 43.0 Å². The van der Waals surface area contributed by atoms with Crippen molar-refractivity contribution in [2.75, 3.05) is 13.1 Å². The van der Waals surface area contributed by atoms with Gasteiger partial charge < -0.3 is 4.90 Å². The summed E-state index contributed by atoms with van der Waals surface area (Å²) in [5.41, 5.74) is 3.43. The van der Waals surface area contributed by atoms with Crippen molar-refractivity contribution in [3.05, 3.63) is 71.3 Å². The van der Waals surface area contributed by atoms with E-state index in [0.717, 1.165) is 37.9 Å². The summed E-state index contributed by atoms with van der Waals surface area (Å²) >= 11 is 0. The summed E-state index contributed by atoms with van der Waals surface area (Å²) in [7, 11) is 0. The zero-order chi connectivity index (χ0) is 21.6. The average molecular weight is 418 g/mol. The predicted octanol–water partition coefficient (Wildman–Crippen LogP) is 7.02. The van der Waals surface area contributed by atoms with Crippen molar-refractivity contribution in [3.8, 4) is 0 Å². The quantitative estimate of drug-likeness (QED) is 0.424. The van der Waals surface area contributed by atoms with Gasteiger partial charge in [-0.1, -0.05) is 61.0 Å². The van der Waals surface area contributed by atoms with Crippen molar-refractivity contribution in [2.45, 2.75) is 70.5 Å². The van der Waals surface area contributed by atoms with E-state index in [0.29, 0.717) is 18.9 Å². The average Bonchev–Trinajstić information content (AvgIpc) is 3.22. The number of benzene rings is 2. The Hall–Kier alpha value is -1.81. The van der Waals surface area contributed by atoms with Crippen LogP contribution in [0.1, 0.15) is 62.1 Å². The van der Waals surface area contributed by atoms with E-state index >= 15 is 0 Å². The Balaban J connectivity index is 1.49. The van der Waals surface area contributed by atoms with Gasteiger partial charge in [-0.25, -0.2) is 0 Å². The lowest BCUT2D eigenvalue weighted by Crippen LogP contribution is -2.34. The third kappa shape index (κ3) is 6.34. The minimum Gasteiger partial charge on any atom is -0.301 e. The van der Waals surface area contributed by atoms with Crippen LogP contribution in [-0.4, -0.2) is 30.2 Å². The molecule has 0 N–H and O–H groups in total. The number of hydrogen-bond acceptors (Lipinski definition) is 1. The van der Waals surface area contributed by atoms with Gasteiger partial charge in [0.2, 0.25) is 0 Å². The van der Waals surface area contributed by atoms with Gasteiger partial charge >= 0.3 is 6.18 Å². The second-order valence-electron chi connectivity index (χ2n) is 8.90. The molecule has 0 aromatic heterocycles. The van der Waals surface area contributed by atoms with E-state index in [9.17, 15) is 13.2 Å². The van der Waals surface area contributed by atoms with Crippen LogP contribution >= 0.6 is 0 Å². The summed E-state index contributed by atoms with van der Waals surface area (Å²) in [5, 5.41) is 0.